The van der Waals surface area contributed by atoms with Crippen molar-refractivity contribution in [1.82, 2.24) is 9.55 Å². The lowest BCUT2D eigenvalue weighted by Crippen LogP contribution is -2.02. The van der Waals surface area contributed by atoms with E-state index in [0.29, 0.717) is 0 Å². The average molecular weight is 335 g/mol. The summed E-state index contributed by atoms with van der Waals surface area (Å²) in [6.07, 6.45) is 2.37. The van der Waals surface area contributed by atoms with E-state index in [1.54, 1.807) is 0 Å². The first kappa shape index (κ1) is 16.5. The zero-order valence-electron chi connectivity index (χ0n) is 12.0. The van der Waals surface area contributed by atoms with E-state index in [1.165, 1.54) is 19.5 Å². The Balaban J connectivity index is 2.24. The van der Waals surface area contributed by atoms with Crippen molar-refractivity contribution in [2.75, 3.05) is 5.43 Å². The molecule has 0 aliphatic rings. The Morgan fingerprint density at radius 1 is 1.17 bits per heavy atom. The van der Waals surface area contributed by atoms with Crippen LogP contribution >= 0.6 is 0 Å². The standard InChI is InChI=1S/C11H9N7O6/c1-15-8(5-12-11(15)18(23)24)6-13-14-9-3-2-7(16(19)20)4-10(9)17(21)22/h2-6,14H,1H3/b13-6+. The van der Waals surface area contributed by atoms with Gasteiger partial charge in [0, 0.05) is 6.07 Å². The van der Waals surface area contributed by atoms with Gasteiger partial charge in [0.1, 0.15) is 11.9 Å². The third kappa shape index (κ3) is 3.29. The van der Waals surface area contributed by atoms with E-state index in [1.807, 2.05) is 0 Å². The second-order valence-electron chi connectivity index (χ2n) is 4.38. The van der Waals surface area contributed by atoms with E-state index in [0.717, 1.165) is 22.8 Å². The highest BCUT2D eigenvalue weighted by Crippen LogP contribution is 2.28. The topological polar surface area (TPSA) is 172 Å². The molecule has 124 valence electrons. The van der Waals surface area contributed by atoms with Gasteiger partial charge in [-0.2, -0.15) is 5.10 Å². The summed E-state index contributed by atoms with van der Waals surface area (Å²) in [6.45, 7) is 0. The quantitative estimate of drug-likeness (QED) is 0.470. The molecule has 0 fully saturated rings. The molecule has 0 radical (unpaired) electrons. The summed E-state index contributed by atoms with van der Waals surface area (Å²) < 4.78 is 1.16. The number of imidazole rings is 1. The fraction of sp³-hybridized carbons (Fsp3) is 0.0909. The highest BCUT2D eigenvalue weighted by atomic mass is 16.6. The van der Waals surface area contributed by atoms with Gasteiger partial charge in [-0.05, 0) is 11.0 Å². The van der Waals surface area contributed by atoms with E-state index < -0.39 is 32.1 Å². The molecule has 1 N–H and O–H groups in total. The largest absolute Gasteiger partial charge is 0.434 e. The van der Waals surface area contributed by atoms with Gasteiger partial charge in [-0.3, -0.25) is 25.7 Å². The molecule has 1 aromatic carbocycles. The Bertz CT molecular complexity index is 859. The molecule has 0 saturated carbocycles. The van der Waals surface area contributed by atoms with Crippen LogP contribution in [-0.2, 0) is 7.05 Å². The number of anilines is 1. The Kier molecular flexibility index (Phi) is 4.44. The van der Waals surface area contributed by atoms with Crippen LogP contribution in [-0.4, -0.2) is 30.5 Å². The van der Waals surface area contributed by atoms with Crippen LogP contribution < -0.4 is 5.43 Å². The minimum Gasteiger partial charge on any atom is -0.390 e. The van der Waals surface area contributed by atoms with Gasteiger partial charge in [-0.15, -0.1) is 0 Å². The molecular weight excluding hydrogens is 326 g/mol. The minimum atomic E-state index is -0.792. The summed E-state index contributed by atoms with van der Waals surface area (Å²) in [5, 5.41) is 36.0. The van der Waals surface area contributed by atoms with Gasteiger partial charge in [0.25, 0.3) is 5.69 Å². The van der Waals surface area contributed by atoms with Gasteiger partial charge in [-0.25, -0.2) is 4.57 Å². The van der Waals surface area contributed by atoms with Crippen LogP contribution in [0.25, 0.3) is 0 Å². The molecule has 1 heterocycles. The van der Waals surface area contributed by atoms with E-state index in [-0.39, 0.29) is 11.4 Å². The zero-order valence-corrected chi connectivity index (χ0v) is 12.0. The molecule has 0 aliphatic heterocycles. The Hall–Kier alpha value is -3.90. The van der Waals surface area contributed by atoms with Crippen LogP contribution in [0.2, 0.25) is 0 Å². The molecule has 0 saturated heterocycles. The maximum absolute atomic E-state index is 11.0. The number of hydrogen-bond acceptors (Lipinski definition) is 9. The summed E-state index contributed by atoms with van der Waals surface area (Å²) in [7, 11) is 1.40. The molecule has 0 amide bonds. The molecule has 13 nitrogen and oxygen atoms in total. The SMILES string of the molecule is Cn1c(/C=N/Nc2ccc([N+](=O)[O-])cc2[N+](=O)[O-])cnc1[N+](=O)[O-]. The predicted molar refractivity (Wildman–Crippen MR) is 80.8 cm³/mol. The summed E-state index contributed by atoms with van der Waals surface area (Å²) in [5.41, 5.74) is 1.61. The Labute approximate surface area is 132 Å². The van der Waals surface area contributed by atoms with Crippen molar-refractivity contribution >= 4 is 29.2 Å². The number of non-ortho nitro benzene ring substituents is 1. The smallest absolute Gasteiger partial charge is 0.390 e. The van der Waals surface area contributed by atoms with Crippen molar-refractivity contribution in [3.63, 3.8) is 0 Å². The van der Waals surface area contributed by atoms with Gasteiger partial charge < -0.3 is 10.1 Å². The number of nitrogens with zero attached hydrogens (tertiary/aromatic N) is 6. The number of hydrogen-bond donors (Lipinski definition) is 1. The first-order chi connectivity index (χ1) is 11.3. The zero-order chi connectivity index (χ0) is 17.9. The molecule has 2 aromatic rings. The number of nitro benzene ring substituents is 2. The molecule has 2 rings (SSSR count). The van der Waals surface area contributed by atoms with Crippen LogP contribution in [0.3, 0.4) is 0 Å². The van der Waals surface area contributed by atoms with Crippen molar-refractivity contribution in [1.29, 1.82) is 0 Å². The minimum absolute atomic E-state index is 0.0708. The molecule has 13 heteroatoms. The fourth-order valence-electron chi connectivity index (χ4n) is 1.75. The first-order valence-corrected chi connectivity index (χ1v) is 6.19. The van der Waals surface area contributed by atoms with Crippen molar-refractivity contribution in [3.8, 4) is 0 Å². The van der Waals surface area contributed by atoms with Crippen molar-refractivity contribution < 1.29 is 14.8 Å². The number of nitrogens with one attached hydrogen (secondary N) is 1. The van der Waals surface area contributed by atoms with Gasteiger partial charge in [-0.1, -0.05) is 4.98 Å². The molecule has 24 heavy (non-hydrogen) atoms. The number of hydrazone groups is 1. The van der Waals surface area contributed by atoms with Crippen LogP contribution in [0.5, 0.6) is 0 Å². The first-order valence-electron chi connectivity index (χ1n) is 6.19. The monoisotopic (exact) mass is 335 g/mol. The van der Waals surface area contributed by atoms with Gasteiger partial charge in [0.05, 0.1) is 29.2 Å². The van der Waals surface area contributed by atoms with Crippen molar-refractivity contribution in [2.45, 2.75) is 0 Å². The normalized spacial score (nSPS) is 10.7. The maximum Gasteiger partial charge on any atom is 0.434 e. The van der Waals surface area contributed by atoms with Crippen LogP contribution in [0.1, 0.15) is 5.69 Å². The number of rotatable bonds is 6. The maximum atomic E-state index is 11.0. The number of nitro groups is 3. The third-order valence-corrected chi connectivity index (χ3v) is 2.93. The summed E-state index contributed by atoms with van der Waals surface area (Å²) in [4.78, 5) is 33.6. The van der Waals surface area contributed by atoms with Crippen LogP contribution in [0, 0.1) is 30.3 Å². The second-order valence-corrected chi connectivity index (χ2v) is 4.38. The average Bonchev–Trinajstić information content (AvgIpc) is 2.88. The van der Waals surface area contributed by atoms with Crippen molar-refractivity contribution in [3.05, 3.63) is 60.4 Å². The van der Waals surface area contributed by atoms with Crippen LogP contribution in [0.15, 0.2) is 29.5 Å². The summed E-state index contributed by atoms with van der Waals surface area (Å²) >= 11 is 0. The Morgan fingerprint density at radius 3 is 2.42 bits per heavy atom. The molecule has 0 bridgehead atoms. The third-order valence-electron chi connectivity index (χ3n) is 2.93. The summed E-state index contributed by atoms with van der Waals surface area (Å²) in [5.74, 6) is -0.391. The van der Waals surface area contributed by atoms with E-state index in [4.69, 9.17) is 0 Å². The molecule has 0 spiro atoms. The number of aromatic nitrogens is 2. The highest BCUT2D eigenvalue weighted by molar-refractivity contribution is 5.79. The second kappa shape index (κ2) is 6.47. The lowest BCUT2D eigenvalue weighted by atomic mass is 10.2. The fourth-order valence-corrected chi connectivity index (χ4v) is 1.75. The van der Waals surface area contributed by atoms with Gasteiger partial charge in [0.2, 0.25) is 0 Å². The van der Waals surface area contributed by atoms with E-state index in [9.17, 15) is 30.3 Å². The predicted octanol–water partition coefficient (Wildman–Crippen LogP) is 1.59. The number of benzene rings is 1. The lowest BCUT2D eigenvalue weighted by Gasteiger charge is -2.01. The van der Waals surface area contributed by atoms with Crippen LogP contribution in [0.4, 0.5) is 23.0 Å². The highest BCUT2D eigenvalue weighted by Gasteiger charge is 2.19. The van der Waals surface area contributed by atoms with E-state index in [2.05, 4.69) is 15.5 Å². The van der Waals surface area contributed by atoms with Gasteiger partial charge in [0.15, 0.2) is 5.69 Å². The molecule has 0 atom stereocenters. The molecule has 1 aromatic heterocycles. The Morgan fingerprint density at radius 2 is 1.88 bits per heavy atom. The van der Waals surface area contributed by atoms with Crippen molar-refractivity contribution in [2.24, 2.45) is 12.1 Å². The van der Waals surface area contributed by atoms with E-state index >= 15 is 0 Å². The molecule has 0 unspecified atom stereocenters. The van der Waals surface area contributed by atoms with Gasteiger partial charge >= 0.3 is 11.6 Å². The molecule has 0 aliphatic carbocycles. The molecular formula is C11H9N7O6. The lowest BCUT2D eigenvalue weighted by molar-refractivity contribution is -0.396. The summed E-state index contributed by atoms with van der Waals surface area (Å²) in [6, 6.07) is 3.02.